The summed E-state index contributed by atoms with van der Waals surface area (Å²) >= 11 is 12.4. The second kappa shape index (κ2) is 16.4. The molecule has 0 aliphatic heterocycles. The van der Waals surface area contributed by atoms with Gasteiger partial charge in [0.1, 0.15) is 18.3 Å². The highest BCUT2D eigenvalue weighted by atomic mass is 35.5. The molecule has 1 saturated carbocycles. The molecule has 0 spiro atoms. The van der Waals surface area contributed by atoms with Crippen LogP contribution in [0.15, 0.2) is 65.6 Å². The van der Waals surface area contributed by atoms with E-state index in [2.05, 4.69) is 5.32 Å². The van der Waals surface area contributed by atoms with E-state index in [1.165, 1.54) is 37.3 Å². The van der Waals surface area contributed by atoms with Gasteiger partial charge in [0.15, 0.2) is 11.5 Å². The van der Waals surface area contributed by atoms with Crippen LogP contribution in [0.2, 0.25) is 10.0 Å². The van der Waals surface area contributed by atoms with Crippen molar-refractivity contribution in [3.05, 3.63) is 76.3 Å². The van der Waals surface area contributed by atoms with Crippen LogP contribution in [0.3, 0.4) is 0 Å². The Bertz CT molecular complexity index is 1650. The first-order valence-electron chi connectivity index (χ1n) is 15.5. The summed E-state index contributed by atoms with van der Waals surface area (Å²) in [5.41, 5.74) is 0.853. The van der Waals surface area contributed by atoms with Gasteiger partial charge >= 0.3 is 0 Å². The molecule has 10 nitrogen and oxygen atoms in total. The van der Waals surface area contributed by atoms with E-state index in [4.69, 9.17) is 37.4 Å². The number of hydrogen-bond acceptors (Lipinski definition) is 7. The van der Waals surface area contributed by atoms with Crippen LogP contribution in [-0.2, 0) is 26.2 Å². The van der Waals surface area contributed by atoms with Gasteiger partial charge in [-0.05, 0) is 80.8 Å². The Balaban J connectivity index is 1.73. The Morgan fingerprint density at radius 3 is 2.21 bits per heavy atom. The lowest BCUT2D eigenvalue weighted by Crippen LogP contribution is -2.53. The monoisotopic (exact) mass is 705 g/mol. The summed E-state index contributed by atoms with van der Waals surface area (Å²) in [7, 11) is -1.49. The smallest absolute Gasteiger partial charge is 0.264 e. The van der Waals surface area contributed by atoms with Gasteiger partial charge in [-0.25, -0.2) is 8.42 Å². The van der Waals surface area contributed by atoms with Gasteiger partial charge in [-0.2, -0.15) is 0 Å². The SMILES string of the molecule is CCOc1ccc(N(CC(=O)N(Cc2ccc(Cl)c(Cl)c2)[C@H](C)C(=O)NC2CCCCC2)S(=O)(=O)c2ccc(OC)c(OC)c2)cc1. The van der Waals surface area contributed by atoms with E-state index in [1.54, 1.807) is 49.4 Å². The van der Waals surface area contributed by atoms with Gasteiger partial charge in [0, 0.05) is 18.7 Å². The van der Waals surface area contributed by atoms with Crippen molar-refractivity contribution in [2.24, 2.45) is 0 Å². The summed E-state index contributed by atoms with van der Waals surface area (Å²) in [6.45, 7) is 3.29. The molecular weight excluding hydrogens is 665 g/mol. The predicted molar refractivity (Wildman–Crippen MR) is 183 cm³/mol. The summed E-state index contributed by atoms with van der Waals surface area (Å²) in [4.78, 5) is 29.1. The van der Waals surface area contributed by atoms with Crippen LogP contribution >= 0.6 is 23.2 Å². The Morgan fingerprint density at radius 2 is 1.60 bits per heavy atom. The molecule has 0 saturated heterocycles. The first kappa shape index (κ1) is 36.2. The third kappa shape index (κ3) is 9.03. The molecule has 13 heteroatoms. The van der Waals surface area contributed by atoms with Gasteiger partial charge in [0.2, 0.25) is 11.8 Å². The standard InChI is InChI=1S/C34H41Cl2N3O7S/c1-5-46-27-14-12-26(13-15-27)39(47(42,43)28-16-18-31(44-3)32(20-28)45-4)22-33(40)38(21-24-11-17-29(35)30(36)19-24)23(2)34(41)37-25-9-7-6-8-10-25/h11-20,23,25H,5-10,21-22H2,1-4H3,(H,37,41)/t23-/m1/s1. The number of carbonyl (C=O) groups is 2. The molecule has 0 unspecified atom stereocenters. The lowest BCUT2D eigenvalue weighted by atomic mass is 9.95. The summed E-state index contributed by atoms with van der Waals surface area (Å²) in [5, 5.41) is 3.73. The number of nitrogens with zero attached hydrogens (tertiary/aromatic N) is 2. The second-order valence-corrected chi connectivity index (χ2v) is 13.9. The molecule has 0 heterocycles. The number of sulfonamides is 1. The minimum Gasteiger partial charge on any atom is -0.494 e. The Morgan fingerprint density at radius 1 is 0.915 bits per heavy atom. The number of nitrogens with one attached hydrogen (secondary N) is 1. The third-order valence-electron chi connectivity index (χ3n) is 8.11. The van der Waals surface area contributed by atoms with Gasteiger partial charge in [-0.15, -0.1) is 0 Å². The summed E-state index contributed by atoms with van der Waals surface area (Å²) in [5.74, 6) is 0.183. The van der Waals surface area contributed by atoms with Crippen molar-refractivity contribution in [2.75, 3.05) is 31.7 Å². The zero-order valence-corrected chi connectivity index (χ0v) is 29.3. The van der Waals surface area contributed by atoms with Gasteiger partial charge in [0.25, 0.3) is 10.0 Å². The molecule has 1 N–H and O–H groups in total. The number of anilines is 1. The fraction of sp³-hybridized carbons (Fsp3) is 0.412. The molecule has 0 radical (unpaired) electrons. The number of methoxy groups -OCH3 is 2. The molecule has 4 rings (SSSR count). The van der Waals surface area contributed by atoms with Crippen molar-refractivity contribution in [2.45, 2.75) is 69.5 Å². The van der Waals surface area contributed by atoms with E-state index in [0.29, 0.717) is 33.7 Å². The van der Waals surface area contributed by atoms with Crippen LogP contribution in [0, 0.1) is 0 Å². The molecule has 3 aromatic rings. The molecule has 1 atom stereocenters. The molecule has 0 aromatic heterocycles. The second-order valence-electron chi connectivity index (χ2n) is 11.2. The first-order chi connectivity index (χ1) is 22.5. The first-order valence-corrected chi connectivity index (χ1v) is 17.7. The zero-order chi connectivity index (χ0) is 34.1. The van der Waals surface area contributed by atoms with Crippen LogP contribution in [0.5, 0.6) is 17.2 Å². The minimum absolute atomic E-state index is 0.0114. The number of carbonyl (C=O) groups excluding carboxylic acids is 2. The number of ether oxygens (including phenoxy) is 3. The van der Waals surface area contributed by atoms with Crippen LogP contribution in [0.25, 0.3) is 0 Å². The minimum atomic E-state index is -4.35. The topological polar surface area (TPSA) is 114 Å². The quantitative estimate of drug-likeness (QED) is 0.204. The molecule has 1 aliphatic carbocycles. The normalized spacial score (nSPS) is 14.2. The average Bonchev–Trinajstić information content (AvgIpc) is 3.07. The molecule has 1 aliphatic rings. The van der Waals surface area contributed by atoms with Crippen molar-refractivity contribution >= 4 is 50.7 Å². The van der Waals surface area contributed by atoms with E-state index < -0.39 is 28.5 Å². The fourth-order valence-corrected chi connectivity index (χ4v) is 7.25. The number of halogens is 2. The fourth-order valence-electron chi connectivity index (χ4n) is 5.49. The lowest BCUT2D eigenvalue weighted by molar-refractivity contribution is -0.139. The highest BCUT2D eigenvalue weighted by Crippen LogP contribution is 2.33. The van der Waals surface area contributed by atoms with Gasteiger partial charge in [0.05, 0.1) is 41.5 Å². The highest BCUT2D eigenvalue weighted by Gasteiger charge is 2.34. The maximum atomic E-state index is 14.3. The van der Waals surface area contributed by atoms with Crippen molar-refractivity contribution in [3.63, 3.8) is 0 Å². The highest BCUT2D eigenvalue weighted by molar-refractivity contribution is 7.92. The number of hydrogen-bond donors (Lipinski definition) is 1. The van der Waals surface area contributed by atoms with Crippen LogP contribution < -0.4 is 23.8 Å². The van der Waals surface area contributed by atoms with Crippen molar-refractivity contribution in [1.82, 2.24) is 10.2 Å². The summed E-state index contributed by atoms with van der Waals surface area (Å²) < 4.78 is 45.8. The van der Waals surface area contributed by atoms with E-state index in [-0.39, 0.29) is 34.8 Å². The summed E-state index contributed by atoms with van der Waals surface area (Å²) in [6.07, 6.45) is 4.91. The molecule has 2 amide bonds. The van der Waals surface area contributed by atoms with Crippen molar-refractivity contribution in [1.29, 1.82) is 0 Å². The Kier molecular flexibility index (Phi) is 12.6. The van der Waals surface area contributed by atoms with Crippen molar-refractivity contribution < 1.29 is 32.2 Å². The molecule has 47 heavy (non-hydrogen) atoms. The average molecular weight is 707 g/mol. The number of rotatable bonds is 14. The maximum Gasteiger partial charge on any atom is 0.264 e. The third-order valence-corrected chi connectivity index (χ3v) is 10.6. The van der Waals surface area contributed by atoms with E-state index in [9.17, 15) is 18.0 Å². The Hall–Kier alpha value is -3.67. The maximum absolute atomic E-state index is 14.3. The van der Waals surface area contributed by atoms with Crippen LogP contribution in [0.1, 0.15) is 51.5 Å². The lowest BCUT2D eigenvalue weighted by Gasteiger charge is -2.33. The van der Waals surface area contributed by atoms with Crippen LogP contribution in [-0.4, -0.2) is 64.6 Å². The zero-order valence-electron chi connectivity index (χ0n) is 27.0. The Labute approximate surface area is 286 Å². The van der Waals surface area contributed by atoms with Gasteiger partial charge < -0.3 is 24.4 Å². The largest absolute Gasteiger partial charge is 0.494 e. The van der Waals surface area contributed by atoms with Crippen molar-refractivity contribution in [3.8, 4) is 17.2 Å². The van der Waals surface area contributed by atoms with E-state index in [0.717, 1.165) is 36.4 Å². The van der Waals surface area contributed by atoms with E-state index >= 15 is 0 Å². The van der Waals surface area contributed by atoms with Gasteiger partial charge in [-0.1, -0.05) is 48.5 Å². The molecule has 1 fully saturated rings. The number of amides is 2. The number of benzene rings is 3. The molecule has 0 bridgehead atoms. The van der Waals surface area contributed by atoms with Gasteiger partial charge in [-0.3, -0.25) is 13.9 Å². The molecular formula is C34H41Cl2N3O7S. The summed E-state index contributed by atoms with van der Waals surface area (Å²) in [6, 6.07) is 14.7. The predicted octanol–water partition coefficient (Wildman–Crippen LogP) is 6.47. The molecule has 254 valence electrons. The van der Waals surface area contributed by atoms with Crippen LogP contribution in [0.4, 0.5) is 5.69 Å². The molecule has 3 aromatic carbocycles. The van der Waals surface area contributed by atoms with E-state index in [1.807, 2.05) is 6.92 Å².